The van der Waals surface area contributed by atoms with Gasteiger partial charge in [-0.1, -0.05) is 6.07 Å². The maximum Gasteiger partial charge on any atom is 0.272 e. The molecule has 5 rings (SSSR count). The smallest absolute Gasteiger partial charge is 0.272 e. The first-order valence-electron chi connectivity index (χ1n) is 12.1. The molecule has 0 radical (unpaired) electrons. The van der Waals surface area contributed by atoms with E-state index in [1.165, 1.54) is 0 Å². The van der Waals surface area contributed by atoms with Gasteiger partial charge in [-0.25, -0.2) is 4.98 Å². The van der Waals surface area contributed by atoms with Crippen LogP contribution in [0.5, 0.6) is 0 Å². The summed E-state index contributed by atoms with van der Waals surface area (Å²) < 4.78 is 21.5. The largest absolute Gasteiger partial charge is 0.381 e. The van der Waals surface area contributed by atoms with Gasteiger partial charge in [0.05, 0.1) is 24.5 Å². The average molecular weight is 512 g/mol. The number of pyridine rings is 1. The molecule has 4 bridgehead atoms. The molecule has 11 nitrogen and oxygen atoms in total. The first kappa shape index (κ1) is 24.3. The maximum atomic E-state index is 13.0. The molecule has 0 spiro atoms. The number of carbonyl (C=O) groups excluding carboxylic acids is 2. The van der Waals surface area contributed by atoms with Crippen molar-refractivity contribution < 1.29 is 18.5 Å². The lowest BCUT2D eigenvalue weighted by Gasteiger charge is -2.22. The average Bonchev–Trinajstić information content (AvgIpc) is 3.55. The van der Waals surface area contributed by atoms with Crippen LogP contribution in [0.3, 0.4) is 0 Å². The van der Waals surface area contributed by atoms with E-state index in [9.17, 15) is 13.8 Å². The lowest BCUT2D eigenvalue weighted by Crippen LogP contribution is -2.30. The highest BCUT2D eigenvalue weighted by atomic mass is 32.2. The Kier molecular flexibility index (Phi) is 7.52. The number of hydrogen-bond donors (Lipinski definition) is 2. The predicted octanol–water partition coefficient (Wildman–Crippen LogP) is 0.958. The van der Waals surface area contributed by atoms with Crippen LogP contribution in [0.2, 0.25) is 0 Å². The highest BCUT2D eigenvalue weighted by Gasteiger charge is 2.22. The van der Waals surface area contributed by atoms with Crippen LogP contribution in [0.1, 0.15) is 45.4 Å². The first-order chi connectivity index (χ1) is 17.6. The van der Waals surface area contributed by atoms with Gasteiger partial charge in [-0.15, -0.1) is 0 Å². The molecule has 2 amide bonds. The number of nitrogens with zero attached hydrogens (tertiary/aromatic N) is 5. The number of nitrogens with one attached hydrogen (secondary N) is 2. The summed E-state index contributed by atoms with van der Waals surface area (Å²) in [7, 11) is -1.12. The highest BCUT2D eigenvalue weighted by molar-refractivity contribution is 7.84. The van der Waals surface area contributed by atoms with Gasteiger partial charge in [0.15, 0.2) is 5.69 Å². The Balaban J connectivity index is 1.39. The molecule has 1 saturated heterocycles. The molecule has 0 aliphatic carbocycles. The van der Waals surface area contributed by atoms with Crippen molar-refractivity contribution in [2.75, 3.05) is 37.8 Å². The standard InChI is InChI=1S/C24H29N7O4S/c32-23-21-3-1-2-20(28-21)18-14-27-30(15-18)9-13-36(34)12-8-26-24(33)22-17(4-7-25-23)16-31(29-22)19-5-10-35-11-6-19/h1-3,14-16,19H,4-13H2,(H,25,32)(H,26,33). The summed E-state index contributed by atoms with van der Waals surface area (Å²) in [5.74, 6) is 0.162. The number of rotatable bonds is 1. The summed E-state index contributed by atoms with van der Waals surface area (Å²) in [6, 6.07) is 5.44. The van der Waals surface area contributed by atoms with E-state index >= 15 is 0 Å². The van der Waals surface area contributed by atoms with E-state index in [0.29, 0.717) is 61.3 Å². The highest BCUT2D eigenvalue weighted by Crippen LogP contribution is 2.22. The van der Waals surface area contributed by atoms with E-state index in [1.807, 2.05) is 23.1 Å². The third-order valence-electron chi connectivity index (χ3n) is 6.34. The Labute approximate surface area is 211 Å². The van der Waals surface area contributed by atoms with Crippen LogP contribution in [-0.2, 0) is 28.5 Å². The normalized spacial score (nSPS) is 20.4. The van der Waals surface area contributed by atoms with Crippen molar-refractivity contribution in [2.24, 2.45) is 0 Å². The zero-order valence-electron chi connectivity index (χ0n) is 19.9. The number of fused-ring (bicyclic) bond motifs is 6. The zero-order valence-corrected chi connectivity index (χ0v) is 20.7. The summed E-state index contributed by atoms with van der Waals surface area (Å²) in [6.07, 6.45) is 7.51. The zero-order chi connectivity index (χ0) is 24.9. The lowest BCUT2D eigenvalue weighted by molar-refractivity contribution is 0.0660. The van der Waals surface area contributed by atoms with Crippen molar-refractivity contribution in [3.05, 3.63) is 53.7 Å². The molecular weight excluding hydrogens is 482 g/mol. The van der Waals surface area contributed by atoms with Crippen molar-refractivity contribution >= 4 is 22.6 Å². The van der Waals surface area contributed by atoms with Gasteiger partial charge in [0, 0.05) is 72.1 Å². The van der Waals surface area contributed by atoms with Gasteiger partial charge in [0.2, 0.25) is 0 Å². The number of aromatic nitrogens is 5. The lowest BCUT2D eigenvalue weighted by atomic mass is 10.1. The Bertz CT molecular complexity index is 1260. The van der Waals surface area contributed by atoms with E-state index in [-0.39, 0.29) is 24.4 Å². The molecule has 1 fully saturated rings. The molecular formula is C24H29N7O4S. The summed E-state index contributed by atoms with van der Waals surface area (Å²) in [4.78, 5) is 30.3. The van der Waals surface area contributed by atoms with Crippen LogP contribution in [0.25, 0.3) is 11.3 Å². The molecule has 36 heavy (non-hydrogen) atoms. The molecule has 12 heteroatoms. The molecule has 2 N–H and O–H groups in total. The van der Waals surface area contributed by atoms with E-state index in [0.717, 1.165) is 24.0 Å². The SMILES string of the molecule is O=C1NCCc2cn(C3CCOCC3)nc2C(=O)NCCS(=O)CCn2cc(cn2)-c2cccc1n2. The third kappa shape index (κ3) is 5.71. The quantitative estimate of drug-likeness (QED) is 0.497. The number of hydrogen-bond acceptors (Lipinski definition) is 7. The summed E-state index contributed by atoms with van der Waals surface area (Å²) in [5, 5.41) is 14.7. The summed E-state index contributed by atoms with van der Waals surface area (Å²) >= 11 is 0. The van der Waals surface area contributed by atoms with Crippen LogP contribution in [-0.4, -0.2) is 78.4 Å². The minimum atomic E-state index is -1.12. The van der Waals surface area contributed by atoms with Crippen LogP contribution in [0.4, 0.5) is 0 Å². The third-order valence-corrected chi connectivity index (χ3v) is 7.64. The second-order valence-electron chi connectivity index (χ2n) is 8.84. The van der Waals surface area contributed by atoms with Gasteiger partial charge in [0.25, 0.3) is 11.8 Å². The van der Waals surface area contributed by atoms with Gasteiger partial charge in [-0.05, 0) is 31.4 Å². The number of ether oxygens (including phenoxy) is 1. The molecule has 3 aromatic heterocycles. The van der Waals surface area contributed by atoms with Crippen LogP contribution >= 0.6 is 0 Å². The maximum absolute atomic E-state index is 13.0. The van der Waals surface area contributed by atoms with E-state index < -0.39 is 10.8 Å². The van der Waals surface area contributed by atoms with E-state index in [2.05, 4.69) is 25.8 Å². The van der Waals surface area contributed by atoms with Crippen molar-refractivity contribution in [1.29, 1.82) is 0 Å². The summed E-state index contributed by atoms with van der Waals surface area (Å²) in [5.41, 5.74) is 2.82. The molecule has 3 aromatic rings. The number of carbonyl (C=O) groups is 2. The van der Waals surface area contributed by atoms with Crippen LogP contribution in [0, 0.1) is 0 Å². The van der Waals surface area contributed by atoms with Gasteiger partial charge >= 0.3 is 0 Å². The number of amides is 2. The topological polar surface area (TPSA) is 133 Å². The Morgan fingerprint density at radius 2 is 1.81 bits per heavy atom. The fourth-order valence-electron chi connectivity index (χ4n) is 4.34. The molecule has 2 aliphatic rings. The van der Waals surface area contributed by atoms with E-state index in [4.69, 9.17) is 4.74 Å². The molecule has 1 atom stereocenters. The molecule has 2 aliphatic heterocycles. The van der Waals surface area contributed by atoms with E-state index in [1.54, 1.807) is 23.0 Å². The van der Waals surface area contributed by atoms with Gasteiger partial charge in [-0.2, -0.15) is 10.2 Å². The Morgan fingerprint density at radius 3 is 2.67 bits per heavy atom. The van der Waals surface area contributed by atoms with Gasteiger partial charge in [0.1, 0.15) is 5.69 Å². The van der Waals surface area contributed by atoms with Crippen LogP contribution < -0.4 is 10.6 Å². The second-order valence-corrected chi connectivity index (χ2v) is 10.5. The second kappa shape index (κ2) is 11.1. The van der Waals surface area contributed by atoms with Crippen molar-refractivity contribution in [1.82, 2.24) is 35.2 Å². The first-order valence-corrected chi connectivity index (χ1v) is 13.6. The van der Waals surface area contributed by atoms with Crippen molar-refractivity contribution in [3.8, 4) is 11.3 Å². The molecule has 0 aromatic carbocycles. The summed E-state index contributed by atoms with van der Waals surface area (Å²) in [6.45, 7) is 2.40. The van der Waals surface area contributed by atoms with Crippen molar-refractivity contribution in [2.45, 2.75) is 31.8 Å². The van der Waals surface area contributed by atoms with Gasteiger partial charge < -0.3 is 15.4 Å². The molecule has 0 saturated carbocycles. The van der Waals surface area contributed by atoms with Gasteiger partial charge in [-0.3, -0.25) is 23.2 Å². The van der Waals surface area contributed by atoms with Crippen molar-refractivity contribution in [3.63, 3.8) is 0 Å². The Morgan fingerprint density at radius 1 is 1.00 bits per heavy atom. The fraction of sp³-hybridized carbons (Fsp3) is 0.458. The molecule has 1 unspecified atom stereocenters. The van der Waals surface area contributed by atoms with Crippen LogP contribution in [0.15, 0.2) is 36.8 Å². The fourth-order valence-corrected chi connectivity index (χ4v) is 5.27. The number of aryl methyl sites for hydroxylation is 1. The minimum Gasteiger partial charge on any atom is -0.381 e. The minimum absolute atomic E-state index is 0.167. The predicted molar refractivity (Wildman–Crippen MR) is 133 cm³/mol. The monoisotopic (exact) mass is 511 g/mol. The molecule has 190 valence electrons. The Hall–Kier alpha value is -3.38. The molecule has 5 heterocycles.